The molecule has 0 aromatic carbocycles. The molecule has 15 heavy (non-hydrogen) atoms. The third kappa shape index (κ3) is 3.80. The number of carbonyl (C=O) groups is 1. The predicted octanol–water partition coefficient (Wildman–Crippen LogP) is 0.0539. The largest absolute Gasteiger partial charge is 0.356 e. The lowest BCUT2D eigenvalue weighted by Gasteiger charge is -2.15. The SMILES string of the molecule is CNCC1(C(=O)NCCCN(C)C)CC1. The fourth-order valence-corrected chi connectivity index (χ4v) is 1.76. The second kappa shape index (κ2) is 5.47. The molecule has 0 bridgehead atoms. The zero-order chi connectivity index (χ0) is 11.3. The van der Waals surface area contributed by atoms with Crippen LogP contribution in [0.1, 0.15) is 19.3 Å². The molecular weight excluding hydrogens is 190 g/mol. The van der Waals surface area contributed by atoms with Gasteiger partial charge in [-0.3, -0.25) is 4.79 Å². The third-order valence-electron chi connectivity index (χ3n) is 2.92. The van der Waals surface area contributed by atoms with Crippen molar-refractivity contribution in [1.82, 2.24) is 15.5 Å². The summed E-state index contributed by atoms with van der Waals surface area (Å²) in [4.78, 5) is 13.9. The molecular formula is C11H23N3O. The van der Waals surface area contributed by atoms with Gasteiger partial charge in [0.2, 0.25) is 5.91 Å². The molecule has 4 heteroatoms. The third-order valence-corrected chi connectivity index (χ3v) is 2.92. The minimum absolute atomic E-state index is 0.0765. The maximum Gasteiger partial charge on any atom is 0.227 e. The summed E-state index contributed by atoms with van der Waals surface area (Å²) >= 11 is 0. The monoisotopic (exact) mass is 213 g/mol. The summed E-state index contributed by atoms with van der Waals surface area (Å²) in [5, 5.41) is 6.11. The van der Waals surface area contributed by atoms with Gasteiger partial charge in [0.15, 0.2) is 0 Å². The van der Waals surface area contributed by atoms with Crippen molar-refractivity contribution in [3.05, 3.63) is 0 Å². The first-order chi connectivity index (χ1) is 7.10. The number of nitrogens with zero attached hydrogens (tertiary/aromatic N) is 1. The van der Waals surface area contributed by atoms with Crippen molar-refractivity contribution in [3.8, 4) is 0 Å². The van der Waals surface area contributed by atoms with E-state index in [4.69, 9.17) is 0 Å². The van der Waals surface area contributed by atoms with Crippen molar-refractivity contribution < 1.29 is 4.79 Å². The van der Waals surface area contributed by atoms with Crippen molar-refractivity contribution in [1.29, 1.82) is 0 Å². The molecule has 1 amide bonds. The molecule has 0 atom stereocenters. The number of amides is 1. The number of rotatable bonds is 7. The molecule has 0 saturated heterocycles. The lowest BCUT2D eigenvalue weighted by Crippen LogP contribution is -2.38. The van der Waals surface area contributed by atoms with Crippen LogP contribution in [0.15, 0.2) is 0 Å². The van der Waals surface area contributed by atoms with E-state index in [-0.39, 0.29) is 11.3 Å². The molecule has 4 nitrogen and oxygen atoms in total. The topological polar surface area (TPSA) is 44.4 Å². The van der Waals surface area contributed by atoms with Crippen LogP contribution in [0.3, 0.4) is 0 Å². The van der Waals surface area contributed by atoms with E-state index in [1.165, 1.54) is 0 Å². The number of carbonyl (C=O) groups excluding carboxylic acids is 1. The molecule has 0 radical (unpaired) electrons. The summed E-state index contributed by atoms with van der Waals surface area (Å²) in [7, 11) is 6.00. The quantitative estimate of drug-likeness (QED) is 0.588. The Morgan fingerprint density at radius 1 is 1.40 bits per heavy atom. The Balaban J connectivity index is 2.13. The first kappa shape index (κ1) is 12.5. The van der Waals surface area contributed by atoms with Gasteiger partial charge in [0, 0.05) is 13.1 Å². The molecule has 0 unspecified atom stereocenters. The van der Waals surface area contributed by atoms with Gasteiger partial charge < -0.3 is 15.5 Å². The minimum Gasteiger partial charge on any atom is -0.356 e. The normalized spacial score (nSPS) is 17.9. The van der Waals surface area contributed by atoms with Gasteiger partial charge in [-0.1, -0.05) is 0 Å². The van der Waals surface area contributed by atoms with Gasteiger partial charge in [-0.15, -0.1) is 0 Å². The average molecular weight is 213 g/mol. The van der Waals surface area contributed by atoms with Gasteiger partial charge in [-0.25, -0.2) is 0 Å². The highest BCUT2D eigenvalue weighted by Crippen LogP contribution is 2.45. The maximum atomic E-state index is 11.8. The standard InChI is InChI=1S/C11H23N3O/c1-12-9-11(5-6-11)10(15)13-7-4-8-14(2)3/h12H,4-9H2,1-3H3,(H,13,15). The highest BCUT2D eigenvalue weighted by Gasteiger charge is 2.48. The van der Waals surface area contributed by atoms with E-state index in [2.05, 4.69) is 15.5 Å². The Bertz CT molecular complexity index is 212. The van der Waals surface area contributed by atoms with Gasteiger partial charge >= 0.3 is 0 Å². The molecule has 0 heterocycles. The molecule has 0 spiro atoms. The first-order valence-corrected chi connectivity index (χ1v) is 5.68. The van der Waals surface area contributed by atoms with Gasteiger partial charge in [-0.05, 0) is 47.0 Å². The van der Waals surface area contributed by atoms with E-state index < -0.39 is 0 Å². The summed E-state index contributed by atoms with van der Waals surface area (Å²) in [5.41, 5.74) is -0.0765. The summed E-state index contributed by atoms with van der Waals surface area (Å²) < 4.78 is 0. The van der Waals surface area contributed by atoms with E-state index in [1.807, 2.05) is 21.1 Å². The van der Waals surface area contributed by atoms with Gasteiger partial charge in [0.25, 0.3) is 0 Å². The molecule has 2 N–H and O–H groups in total. The number of nitrogens with one attached hydrogen (secondary N) is 2. The Morgan fingerprint density at radius 2 is 2.07 bits per heavy atom. The van der Waals surface area contributed by atoms with Crippen LogP contribution < -0.4 is 10.6 Å². The van der Waals surface area contributed by atoms with Gasteiger partial charge in [0.05, 0.1) is 5.41 Å². The number of hydrogen-bond donors (Lipinski definition) is 2. The van der Waals surface area contributed by atoms with Crippen molar-refractivity contribution in [2.24, 2.45) is 5.41 Å². The average Bonchev–Trinajstić information content (AvgIpc) is 2.93. The molecule has 1 aliphatic rings. The molecule has 1 saturated carbocycles. The van der Waals surface area contributed by atoms with E-state index >= 15 is 0 Å². The summed E-state index contributed by atoms with van der Waals surface area (Å²) in [6, 6.07) is 0. The Kier molecular flexibility index (Phi) is 4.54. The summed E-state index contributed by atoms with van der Waals surface area (Å²) in [6.07, 6.45) is 3.09. The van der Waals surface area contributed by atoms with E-state index in [9.17, 15) is 4.79 Å². The fourth-order valence-electron chi connectivity index (χ4n) is 1.76. The zero-order valence-electron chi connectivity index (χ0n) is 10.1. The number of hydrogen-bond acceptors (Lipinski definition) is 3. The molecule has 0 aliphatic heterocycles. The van der Waals surface area contributed by atoms with Crippen molar-refractivity contribution >= 4 is 5.91 Å². The first-order valence-electron chi connectivity index (χ1n) is 5.68. The summed E-state index contributed by atoms with van der Waals surface area (Å²) in [6.45, 7) is 2.63. The minimum atomic E-state index is -0.0765. The Labute approximate surface area is 92.4 Å². The molecule has 0 aromatic heterocycles. The summed E-state index contributed by atoms with van der Waals surface area (Å²) in [5.74, 6) is 0.232. The smallest absolute Gasteiger partial charge is 0.227 e. The zero-order valence-corrected chi connectivity index (χ0v) is 10.1. The maximum absolute atomic E-state index is 11.8. The molecule has 1 aliphatic carbocycles. The van der Waals surface area contributed by atoms with Crippen LogP contribution >= 0.6 is 0 Å². The van der Waals surface area contributed by atoms with E-state index in [0.29, 0.717) is 0 Å². The lowest BCUT2D eigenvalue weighted by molar-refractivity contribution is -0.126. The molecule has 1 rings (SSSR count). The lowest BCUT2D eigenvalue weighted by atomic mass is 10.1. The second-order valence-electron chi connectivity index (χ2n) is 4.72. The van der Waals surface area contributed by atoms with E-state index in [1.54, 1.807) is 0 Å². The van der Waals surface area contributed by atoms with Crippen LogP contribution in [0.5, 0.6) is 0 Å². The van der Waals surface area contributed by atoms with E-state index in [0.717, 1.165) is 38.9 Å². The van der Waals surface area contributed by atoms with Crippen LogP contribution in [0.2, 0.25) is 0 Å². The van der Waals surface area contributed by atoms with Gasteiger partial charge in [0.1, 0.15) is 0 Å². The highest BCUT2D eigenvalue weighted by atomic mass is 16.2. The molecule has 0 aromatic rings. The molecule has 1 fully saturated rings. The predicted molar refractivity (Wildman–Crippen MR) is 61.8 cm³/mol. The van der Waals surface area contributed by atoms with Crippen LogP contribution in [0.4, 0.5) is 0 Å². The van der Waals surface area contributed by atoms with Crippen LogP contribution in [-0.4, -0.2) is 51.6 Å². The van der Waals surface area contributed by atoms with Gasteiger partial charge in [-0.2, -0.15) is 0 Å². The highest BCUT2D eigenvalue weighted by molar-refractivity contribution is 5.85. The van der Waals surface area contributed by atoms with Crippen LogP contribution in [0, 0.1) is 5.41 Å². The van der Waals surface area contributed by atoms with Crippen molar-refractivity contribution in [2.45, 2.75) is 19.3 Å². The van der Waals surface area contributed by atoms with Crippen molar-refractivity contribution in [2.75, 3.05) is 40.8 Å². The fraction of sp³-hybridized carbons (Fsp3) is 0.909. The Morgan fingerprint density at radius 3 is 2.53 bits per heavy atom. The van der Waals surface area contributed by atoms with Crippen LogP contribution in [0.25, 0.3) is 0 Å². The van der Waals surface area contributed by atoms with Crippen molar-refractivity contribution in [3.63, 3.8) is 0 Å². The van der Waals surface area contributed by atoms with Crippen LogP contribution in [-0.2, 0) is 4.79 Å². The molecule has 88 valence electrons. The second-order valence-corrected chi connectivity index (χ2v) is 4.72. The Hall–Kier alpha value is -0.610.